The number of piperidine rings is 1. The highest BCUT2D eigenvalue weighted by Gasteiger charge is 2.22. The highest BCUT2D eigenvalue weighted by molar-refractivity contribution is 6.31. The molecule has 0 atom stereocenters. The van der Waals surface area contributed by atoms with Crippen LogP contribution in [0.25, 0.3) is 0 Å². The number of rotatable bonds is 3. The summed E-state index contributed by atoms with van der Waals surface area (Å²) in [5.74, 6) is 0.0415. The standard InChI is InChI=1S/C15H17ClFN5O.ClH/c1-22-15(19-13(21-22)9-4-6-18-7-5-9)20-14(23)11-8-10(16)2-3-12(11)17;/h2-3,8-9,18H,4-7H2,1H3,(H,19,20,21,23);1H. The minimum atomic E-state index is -0.632. The molecule has 2 aromatic rings. The molecule has 1 amide bonds. The van der Waals surface area contributed by atoms with Gasteiger partial charge in [0, 0.05) is 18.0 Å². The van der Waals surface area contributed by atoms with Crippen LogP contribution in [-0.2, 0) is 7.05 Å². The fourth-order valence-corrected chi connectivity index (χ4v) is 2.78. The summed E-state index contributed by atoms with van der Waals surface area (Å²) in [6.45, 7) is 1.86. The van der Waals surface area contributed by atoms with Crippen molar-refractivity contribution in [2.24, 2.45) is 7.05 Å². The van der Waals surface area contributed by atoms with Gasteiger partial charge >= 0.3 is 0 Å². The van der Waals surface area contributed by atoms with Gasteiger partial charge in [-0.2, -0.15) is 10.1 Å². The number of hydrogen-bond acceptors (Lipinski definition) is 4. The van der Waals surface area contributed by atoms with Crippen molar-refractivity contribution in [3.05, 3.63) is 40.4 Å². The number of halogens is 3. The Kier molecular flexibility index (Phi) is 6.15. The van der Waals surface area contributed by atoms with E-state index in [1.54, 1.807) is 7.05 Å². The quantitative estimate of drug-likeness (QED) is 0.867. The Bertz CT molecular complexity index is 731. The smallest absolute Gasteiger partial charge is 0.261 e. The van der Waals surface area contributed by atoms with E-state index in [0.717, 1.165) is 32.0 Å². The van der Waals surface area contributed by atoms with E-state index in [9.17, 15) is 9.18 Å². The van der Waals surface area contributed by atoms with Crippen molar-refractivity contribution in [3.63, 3.8) is 0 Å². The molecule has 1 aromatic carbocycles. The molecule has 1 aromatic heterocycles. The topological polar surface area (TPSA) is 71.8 Å². The van der Waals surface area contributed by atoms with Crippen LogP contribution in [0.3, 0.4) is 0 Å². The number of nitrogens with zero attached hydrogens (tertiary/aromatic N) is 3. The SMILES string of the molecule is Cl.Cn1nc(C2CCNCC2)nc1NC(=O)c1cc(Cl)ccc1F. The first-order chi connectivity index (χ1) is 11.0. The number of nitrogens with one attached hydrogen (secondary N) is 2. The number of carbonyl (C=O) groups excluding carboxylic acids is 1. The van der Waals surface area contributed by atoms with Gasteiger partial charge in [0.05, 0.1) is 5.56 Å². The van der Waals surface area contributed by atoms with Crippen LogP contribution in [0.4, 0.5) is 10.3 Å². The molecule has 6 nitrogen and oxygen atoms in total. The summed E-state index contributed by atoms with van der Waals surface area (Å²) in [6, 6.07) is 3.84. The van der Waals surface area contributed by atoms with Gasteiger partial charge in [-0.05, 0) is 44.1 Å². The minimum absolute atomic E-state index is 0. The van der Waals surface area contributed by atoms with E-state index in [1.807, 2.05) is 0 Å². The first-order valence-corrected chi connectivity index (χ1v) is 7.80. The lowest BCUT2D eigenvalue weighted by atomic mass is 9.98. The number of amides is 1. The normalized spacial score (nSPS) is 15.0. The molecule has 1 aliphatic heterocycles. The molecule has 130 valence electrons. The molecule has 9 heteroatoms. The van der Waals surface area contributed by atoms with Crippen molar-refractivity contribution in [1.82, 2.24) is 20.1 Å². The molecule has 24 heavy (non-hydrogen) atoms. The number of aromatic nitrogens is 3. The van der Waals surface area contributed by atoms with Crippen LogP contribution in [0.5, 0.6) is 0 Å². The molecule has 0 radical (unpaired) electrons. The molecule has 1 saturated heterocycles. The predicted molar refractivity (Wildman–Crippen MR) is 92.5 cm³/mol. The van der Waals surface area contributed by atoms with Crippen molar-refractivity contribution >= 4 is 35.9 Å². The van der Waals surface area contributed by atoms with Gasteiger partial charge in [-0.25, -0.2) is 9.07 Å². The number of aryl methyl sites for hydroxylation is 1. The van der Waals surface area contributed by atoms with Gasteiger partial charge in [-0.15, -0.1) is 12.4 Å². The predicted octanol–water partition coefficient (Wildman–Crippen LogP) is 2.75. The molecule has 0 bridgehead atoms. The van der Waals surface area contributed by atoms with Crippen LogP contribution >= 0.6 is 24.0 Å². The third kappa shape index (κ3) is 4.03. The summed E-state index contributed by atoms with van der Waals surface area (Å²) < 4.78 is 15.2. The number of benzene rings is 1. The second-order valence-corrected chi connectivity index (χ2v) is 5.96. The Morgan fingerprint density at radius 3 is 2.83 bits per heavy atom. The highest BCUT2D eigenvalue weighted by atomic mass is 35.5. The highest BCUT2D eigenvalue weighted by Crippen LogP contribution is 2.23. The molecule has 0 spiro atoms. The summed E-state index contributed by atoms with van der Waals surface area (Å²) in [5, 5.41) is 10.5. The van der Waals surface area contributed by atoms with Crippen molar-refractivity contribution in [2.75, 3.05) is 18.4 Å². The van der Waals surface area contributed by atoms with Crippen LogP contribution in [-0.4, -0.2) is 33.8 Å². The van der Waals surface area contributed by atoms with E-state index in [0.29, 0.717) is 16.8 Å². The van der Waals surface area contributed by atoms with Crippen molar-refractivity contribution in [3.8, 4) is 0 Å². The van der Waals surface area contributed by atoms with Gasteiger partial charge in [0.2, 0.25) is 5.95 Å². The molecular formula is C15H18Cl2FN5O. The van der Waals surface area contributed by atoms with E-state index in [-0.39, 0.29) is 23.9 Å². The van der Waals surface area contributed by atoms with Gasteiger partial charge in [0.25, 0.3) is 5.91 Å². The van der Waals surface area contributed by atoms with Gasteiger partial charge < -0.3 is 5.32 Å². The Hall–Kier alpha value is -1.70. The second-order valence-electron chi connectivity index (χ2n) is 5.52. The summed E-state index contributed by atoms with van der Waals surface area (Å²) in [7, 11) is 1.70. The molecule has 3 rings (SSSR count). The Morgan fingerprint density at radius 2 is 2.12 bits per heavy atom. The monoisotopic (exact) mass is 373 g/mol. The molecule has 0 aliphatic carbocycles. The Balaban J connectivity index is 0.00000208. The van der Waals surface area contributed by atoms with Crippen molar-refractivity contribution < 1.29 is 9.18 Å². The Morgan fingerprint density at radius 1 is 1.42 bits per heavy atom. The first-order valence-electron chi connectivity index (χ1n) is 7.42. The average molecular weight is 374 g/mol. The Labute approximate surface area is 150 Å². The lowest BCUT2D eigenvalue weighted by molar-refractivity contribution is 0.102. The van der Waals surface area contributed by atoms with Crippen LogP contribution in [0.1, 0.15) is 34.9 Å². The zero-order valence-corrected chi connectivity index (χ0v) is 14.6. The minimum Gasteiger partial charge on any atom is -0.317 e. The maximum atomic E-state index is 13.8. The number of hydrogen-bond donors (Lipinski definition) is 2. The fraction of sp³-hybridized carbons (Fsp3) is 0.400. The summed E-state index contributed by atoms with van der Waals surface area (Å²) >= 11 is 5.82. The largest absolute Gasteiger partial charge is 0.317 e. The summed E-state index contributed by atoms with van der Waals surface area (Å²) in [5.41, 5.74) is -0.121. The zero-order valence-electron chi connectivity index (χ0n) is 13.1. The van der Waals surface area contributed by atoms with Crippen molar-refractivity contribution in [2.45, 2.75) is 18.8 Å². The molecule has 1 aliphatic rings. The fourth-order valence-electron chi connectivity index (χ4n) is 2.61. The average Bonchev–Trinajstić information content (AvgIpc) is 2.91. The zero-order chi connectivity index (χ0) is 16.4. The molecule has 1 fully saturated rings. The molecule has 0 saturated carbocycles. The van der Waals surface area contributed by atoms with E-state index >= 15 is 0 Å². The van der Waals surface area contributed by atoms with E-state index in [4.69, 9.17) is 11.6 Å². The third-order valence-corrected chi connectivity index (χ3v) is 4.12. The van der Waals surface area contributed by atoms with Crippen LogP contribution < -0.4 is 10.6 Å². The summed E-state index contributed by atoms with van der Waals surface area (Å²) in [4.78, 5) is 16.6. The molecule has 0 unspecified atom stereocenters. The number of carbonyl (C=O) groups is 1. The lowest BCUT2D eigenvalue weighted by Gasteiger charge is -2.19. The summed E-state index contributed by atoms with van der Waals surface area (Å²) in [6.07, 6.45) is 1.92. The molecule has 2 N–H and O–H groups in total. The van der Waals surface area contributed by atoms with Crippen LogP contribution in [0.2, 0.25) is 5.02 Å². The first kappa shape index (κ1) is 18.6. The van der Waals surface area contributed by atoms with Gasteiger partial charge in [0.1, 0.15) is 5.82 Å². The second kappa shape index (κ2) is 7.92. The number of anilines is 1. The lowest BCUT2D eigenvalue weighted by Crippen LogP contribution is -2.27. The van der Waals surface area contributed by atoms with E-state index in [2.05, 4.69) is 20.7 Å². The molecular weight excluding hydrogens is 356 g/mol. The van der Waals surface area contributed by atoms with Gasteiger partial charge in [0.15, 0.2) is 5.82 Å². The van der Waals surface area contributed by atoms with Crippen molar-refractivity contribution in [1.29, 1.82) is 0 Å². The van der Waals surface area contributed by atoms with E-state index < -0.39 is 11.7 Å². The molecule has 2 heterocycles. The van der Waals surface area contributed by atoms with Crippen LogP contribution in [0.15, 0.2) is 18.2 Å². The third-order valence-electron chi connectivity index (χ3n) is 3.88. The van der Waals surface area contributed by atoms with Gasteiger partial charge in [-0.1, -0.05) is 11.6 Å². The van der Waals surface area contributed by atoms with Gasteiger partial charge in [-0.3, -0.25) is 10.1 Å². The maximum Gasteiger partial charge on any atom is 0.261 e. The van der Waals surface area contributed by atoms with Crippen LogP contribution in [0, 0.1) is 5.82 Å². The maximum absolute atomic E-state index is 13.8. The van der Waals surface area contributed by atoms with E-state index in [1.165, 1.54) is 16.8 Å².